The van der Waals surface area contributed by atoms with E-state index in [-0.39, 0.29) is 30.6 Å². The minimum atomic E-state index is -0.538. The number of esters is 1. The summed E-state index contributed by atoms with van der Waals surface area (Å²) in [7, 11) is 0. The Morgan fingerprint density at radius 1 is 1.19 bits per heavy atom. The molecule has 0 fully saturated rings. The number of phenolic OH excluding ortho intramolecular Hbond substituents is 1. The van der Waals surface area contributed by atoms with Crippen molar-refractivity contribution in [1.82, 2.24) is 5.32 Å². The van der Waals surface area contributed by atoms with E-state index in [1.54, 1.807) is 18.2 Å². The van der Waals surface area contributed by atoms with Crippen LogP contribution in [-0.4, -0.2) is 22.6 Å². The van der Waals surface area contributed by atoms with Crippen LogP contribution in [0.4, 0.5) is 0 Å². The number of benzene rings is 1. The lowest BCUT2D eigenvalue weighted by atomic mass is 10.0. The summed E-state index contributed by atoms with van der Waals surface area (Å²) in [5.74, 6) is -0.577. The second kappa shape index (κ2) is 8.95. The zero-order valence-corrected chi connectivity index (χ0v) is 17.6. The minimum absolute atomic E-state index is 0.0804. The van der Waals surface area contributed by atoms with Crippen LogP contribution in [0.2, 0.25) is 8.67 Å². The van der Waals surface area contributed by atoms with Crippen LogP contribution in [0.1, 0.15) is 48.7 Å². The molecule has 27 heavy (non-hydrogen) atoms. The molecule has 2 aromatic rings. The minimum Gasteiger partial charge on any atom is -0.508 e. The van der Waals surface area contributed by atoms with Gasteiger partial charge in [0, 0.05) is 13.0 Å². The van der Waals surface area contributed by atoms with E-state index < -0.39 is 5.60 Å². The molecule has 1 aromatic heterocycles. The van der Waals surface area contributed by atoms with Crippen molar-refractivity contribution in [2.45, 2.75) is 45.8 Å². The molecule has 5 nitrogen and oxygen atoms in total. The SMILES string of the molecule is CC(C)(C)OC(=O)CCc1ccc(O)cc1CNC(=O)c1cc(Cl)sc1Cl. The number of carbonyl (C=O) groups is 2. The van der Waals surface area contributed by atoms with E-state index in [2.05, 4.69) is 5.32 Å². The van der Waals surface area contributed by atoms with E-state index >= 15 is 0 Å². The maximum atomic E-state index is 12.3. The quantitative estimate of drug-likeness (QED) is 0.635. The third kappa shape index (κ3) is 6.72. The van der Waals surface area contributed by atoms with Gasteiger partial charge in [-0.3, -0.25) is 9.59 Å². The van der Waals surface area contributed by atoms with Crippen LogP contribution in [0, 0.1) is 0 Å². The molecule has 8 heteroatoms. The number of ether oxygens (including phenoxy) is 1. The fourth-order valence-corrected chi connectivity index (χ4v) is 3.87. The Labute approximate surface area is 172 Å². The molecule has 0 aliphatic rings. The summed E-state index contributed by atoms with van der Waals surface area (Å²) in [6, 6.07) is 6.35. The number of nitrogens with one attached hydrogen (secondary N) is 1. The molecule has 2 N–H and O–H groups in total. The molecule has 0 unspecified atom stereocenters. The summed E-state index contributed by atoms with van der Waals surface area (Å²) in [4.78, 5) is 24.2. The number of rotatable bonds is 6. The van der Waals surface area contributed by atoms with Crippen molar-refractivity contribution in [1.29, 1.82) is 0 Å². The number of halogens is 2. The molecule has 1 aromatic carbocycles. The molecule has 0 aliphatic carbocycles. The number of carbonyl (C=O) groups excluding carboxylic acids is 2. The van der Waals surface area contributed by atoms with Crippen LogP contribution in [0.25, 0.3) is 0 Å². The average molecular weight is 430 g/mol. The Morgan fingerprint density at radius 2 is 1.89 bits per heavy atom. The molecule has 0 atom stereocenters. The van der Waals surface area contributed by atoms with Crippen molar-refractivity contribution < 1.29 is 19.4 Å². The number of hydrogen-bond donors (Lipinski definition) is 2. The summed E-state index contributed by atoms with van der Waals surface area (Å²) in [6.07, 6.45) is 0.639. The fourth-order valence-electron chi connectivity index (χ4n) is 2.42. The van der Waals surface area contributed by atoms with Crippen molar-refractivity contribution in [2.75, 3.05) is 0 Å². The van der Waals surface area contributed by atoms with E-state index in [1.165, 1.54) is 6.07 Å². The van der Waals surface area contributed by atoms with Crippen molar-refractivity contribution in [3.63, 3.8) is 0 Å². The van der Waals surface area contributed by atoms with Crippen molar-refractivity contribution >= 4 is 46.4 Å². The van der Waals surface area contributed by atoms with Crippen LogP contribution in [0.15, 0.2) is 24.3 Å². The number of aromatic hydroxyl groups is 1. The zero-order chi connectivity index (χ0) is 20.2. The van der Waals surface area contributed by atoms with Gasteiger partial charge in [0.05, 0.1) is 9.90 Å². The van der Waals surface area contributed by atoms with Crippen molar-refractivity contribution in [3.05, 3.63) is 49.6 Å². The highest BCUT2D eigenvalue weighted by molar-refractivity contribution is 7.20. The van der Waals surface area contributed by atoms with Gasteiger partial charge in [-0.15, -0.1) is 11.3 Å². The maximum absolute atomic E-state index is 12.3. The average Bonchev–Trinajstić information content (AvgIpc) is 2.88. The van der Waals surface area contributed by atoms with Crippen molar-refractivity contribution in [2.24, 2.45) is 0 Å². The standard InChI is InChI=1S/C19H21Cl2NO4S/c1-19(2,3)26-16(24)7-5-11-4-6-13(23)8-12(11)10-22-18(25)14-9-15(20)27-17(14)21/h4,6,8-9,23H,5,7,10H2,1-3H3,(H,22,25). The van der Waals surface area contributed by atoms with Gasteiger partial charge in [-0.1, -0.05) is 29.3 Å². The highest BCUT2D eigenvalue weighted by Gasteiger charge is 2.18. The van der Waals surface area contributed by atoms with Gasteiger partial charge in [-0.25, -0.2) is 0 Å². The van der Waals surface area contributed by atoms with Gasteiger partial charge in [-0.2, -0.15) is 0 Å². The molecule has 0 bridgehead atoms. The van der Waals surface area contributed by atoms with E-state index in [0.29, 0.717) is 26.2 Å². The first kappa shape index (κ1) is 21.5. The zero-order valence-electron chi connectivity index (χ0n) is 15.3. The molecule has 1 amide bonds. The lowest BCUT2D eigenvalue weighted by Crippen LogP contribution is -2.24. The van der Waals surface area contributed by atoms with E-state index in [4.69, 9.17) is 27.9 Å². The Balaban J connectivity index is 2.04. The molecule has 0 saturated heterocycles. The fraction of sp³-hybridized carbons (Fsp3) is 0.368. The Hall–Kier alpha value is -1.76. The van der Waals surface area contributed by atoms with Gasteiger partial charge >= 0.3 is 5.97 Å². The highest BCUT2D eigenvalue weighted by Crippen LogP contribution is 2.31. The highest BCUT2D eigenvalue weighted by atomic mass is 35.5. The predicted octanol–water partition coefficient (Wildman–Crippen LogP) is 4.96. The van der Waals surface area contributed by atoms with Gasteiger partial charge < -0.3 is 15.2 Å². The van der Waals surface area contributed by atoms with Crippen LogP contribution >= 0.6 is 34.5 Å². The number of thiophene rings is 1. The topological polar surface area (TPSA) is 75.6 Å². The van der Waals surface area contributed by atoms with Gasteiger partial charge in [0.1, 0.15) is 15.7 Å². The number of amides is 1. The molecular weight excluding hydrogens is 409 g/mol. The molecule has 1 heterocycles. The lowest BCUT2D eigenvalue weighted by molar-refractivity contribution is -0.154. The van der Waals surface area contributed by atoms with E-state index in [9.17, 15) is 14.7 Å². The first-order valence-corrected chi connectivity index (χ1v) is 9.88. The smallest absolute Gasteiger partial charge is 0.306 e. The summed E-state index contributed by atoms with van der Waals surface area (Å²) < 4.78 is 6.06. The third-order valence-corrected chi connectivity index (χ3v) is 5.04. The number of hydrogen-bond acceptors (Lipinski definition) is 5. The normalized spacial score (nSPS) is 11.3. The van der Waals surface area contributed by atoms with Crippen LogP contribution < -0.4 is 5.32 Å². The largest absolute Gasteiger partial charge is 0.508 e. The van der Waals surface area contributed by atoms with Crippen LogP contribution in [0.5, 0.6) is 5.75 Å². The molecule has 0 saturated carbocycles. The predicted molar refractivity (Wildman–Crippen MR) is 108 cm³/mol. The molecule has 2 rings (SSSR count). The molecule has 0 radical (unpaired) electrons. The second-order valence-corrected chi connectivity index (χ2v) is 9.25. The second-order valence-electron chi connectivity index (χ2n) is 6.96. The number of aryl methyl sites for hydroxylation is 1. The molecule has 0 spiro atoms. The Morgan fingerprint density at radius 3 is 2.48 bits per heavy atom. The Kier molecular flexibility index (Phi) is 7.14. The summed E-state index contributed by atoms with van der Waals surface area (Å²) >= 11 is 13.0. The first-order valence-electron chi connectivity index (χ1n) is 8.31. The van der Waals surface area contributed by atoms with E-state index in [0.717, 1.165) is 16.9 Å². The van der Waals surface area contributed by atoms with Gasteiger partial charge in [0.15, 0.2) is 0 Å². The molecular formula is C19H21Cl2NO4S. The van der Waals surface area contributed by atoms with Gasteiger partial charge in [0.2, 0.25) is 0 Å². The van der Waals surface area contributed by atoms with Crippen LogP contribution in [0.3, 0.4) is 0 Å². The molecule has 146 valence electrons. The van der Waals surface area contributed by atoms with Gasteiger partial charge in [0.25, 0.3) is 5.91 Å². The summed E-state index contributed by atoms with van der Waals surface area (Å²) in [5.41, 5.74) is 1.32. The third-order valence-electron chi connectivity index (χ3n) is 3.55. The first-order chi connectivity index (χ1) is 12.5. The summed E-state index contributed by atoms with van der Waals surface area (Å²) in [6.45, 7) is 5.62. The van der Waals surface area contributed by atoms with E-state index in [1.807, 2.05) is 20.8 Å². The summed E-state index contributed by atoms with van der Waals surface area (Å²) in [5, 5.41) is 12.5. The monoisotopic (exact) mass is 429 g/mol. The number of phenols is 1. The van der Waals surface area contributed by atoms with Crippen molar-refractivity contribution in [3.8, 4) is 5.75 Å². The Bertz CT molecular complexity index is 843. The van der Waals surface area contributed by atoms with Gasteiger partial charge in [-0.05, 0) is 56.5 Å². The maximum Gasteiger partial charge on any atom is 0.306 e. The van der Waals surface area contributed by atoms with Crippen LogP contribution in [-0.2, 0) is 22.5 Å². The molecule has 0 aliphatic heterocycles. The lowest BCUT2D eigenvalue weighted by Gasteiger charge is -2.19.